The van der Waals surface area contributed by atoms with Crippen molar-refractivity contribution >= 4 is 25.8 Å². The Morgan fingerprint density at radius 1 is 1.29 bits per heavy atom. The van der Waals surface area contributed by atoms with Crippen LogP contribution in [0, 0.1) is 0 Å². The monoisotopic (exact) mass is 377 g/mol. The first kappa shape index (κ1) is 16.6. The van der Waals surface area contributed by atoms with Crippen LogP contribution in [0.3, 0.4) is 0 Å². The Morgan fingerprint density at radius 2 is 2.05 bits per heavy atom. The maximum atomic E-state index is 11.4. The summed E-state index contributed by atoms with van der Waals surface area (Å²) in [5.41, 5.74) is 1.03. The molecule has 0 saturated carbocycles. The van der Waals surface area contributed by atoms with Crippen LogP contribution in [0.15, 0.2) is 16.6 Å². The molecule has 118 valence electrons. The lowest BCUT2D eigenvalue weighted by atomic mass is 10.2. The van der Waals surface area contributed by atoms with E-state index < -0.39 is 9.84 Å². The first-order valence-corrected chi connectivity index (χ1v) is 9.62. The van der Waals surface area contributed by atoms with Gasteiger partial charge in [-0.3, -0.25) is 0 Å². The molecule has 0 radical (unpaired) electrons. The maximum absolute atomic E-state index is 11.4. The number of hydrogen-bond acceptors (Lipinski definition) is 5. The topological polar surface area (TPSA) is 64.6 Å². The summed E-state index contributed by atoms with van der Waals surface area (Å²) in [5, 5.41) is 3.15. The minimum Gasteiger partial charge on any atom is -0.490 e. The highest BCUT2D eigenvalue weighted by Crippen LogP contribution is 2.38. The van der Waals surface area contributed by atoms with Gasteiger partial charge in [-0.05, 0) is 33.6 Å². The molecule has 0 aromatic heterocycles. The molecule has 1 aromatic carbocycles. The van der Waals surface area contributed by atoms with Gasteiger partial charge in [0.05, 0.1) is 23.4 Å². The van der Waals surface area contributed by atoms with E-state index in [0.29, 0.717) is 26.3 Å². The molecule has 7 heteroatoms. The molecule has 0 bridgehead atoms. The van der Waals surface area contributed by atoms with Crippen molar-refractivity contribution < 1.29 is 17.9 Å². The summed E-state index contributed by atoms with van der Waals surface area (Å²) in [6, 6.07) is 3.90. The van der Waals surface area contributed by atoms with Crippen molar-refractivity contribution in [3.63, 3.8) is 0 Å². The lowest BCUT2D eigenvalue weighted by Crippen LogP contribution is -2.23. The van der Waals surface area contributed by atoms with Crippen molar-refractivity contribution in [2.45, 2.75) is 19.9 Å². The summed E-state index contributed by atoms with van der Waals surface area (Å²) in [6.07, 6.45) is 0.865. The Morgan fingerprint density at radius 3 is 2.81 bits per heavy atom. The summed E-state index contributed by atoms with van der Waals surface area (Å²) in [5.74, 6) is 1.82. The molecule has 1 N–H and O–H groups in total. The molecular formula is C14H20BrNO4S. The number of halogens is 1. The lowest BCUT2D eigenvalue weighted by molar-refractivity contribution is 0.296. The van der Waals surface area contributed by atoms with Crippen LogP contribution in [0.5, 0.6) is 11.5 Å². The zero-order chi connectivity index (χ0) is 15.3. The third-order valence-corrected chi connectivity index (χ3v) is 5.52. The Bertz CT molecular complexity index is 589. The predicted octanol–water partition coefficient (Wildman–Crippen LogP) is 2.13. The number of fused-ring (bicyclic) bond motifs is 1. The summed E-state index contributed by atoms with van der Waals surface area (Å²) in [7, 11) is -2.92. The Labute approximate surface area is 134 Å². The lowest BCUT2D eigenvalue weighted by Gasteiger charge is -2.12. The third-order valence-electron chi connectivity index (χ3n) is 3.22. The van der Waals surface area contributed by atoms with Crippen LogP contribution in [0.25, 0.3) is 0 Å². The molecule has 0 atom stereocenters. The quantitative estimate of drug-likeness (QED) is 0.769. The molecule has 0 unspecified atom stereocenters. The zero-order valence-corrected chi connectivity index (χ0v) is 14.4. The van der Waals surface area contributed by atoms with E-state index in [9.17, 15) is 8.42 Å². The molecule has 21 heavy (non-hydrogen) atoms. The number of ether oxygens (including phenoxy) is 2. The van der Waals surface area contributed by atoms with Gasteiger partial charge in [0.2, 0.25) is 0 Å². The Kier molecular flexibility index (Phi) is 5.89. The highest BCUT2D eigenvalue weighted by atomic mass is 79.9. The van der Waals surface area contributed by atoms with E-state index in [1.165, 1.54) is 0 Å². The molecule has 2 rings (SSSR count). The molecule has 1 aliphatic heterocycles. The highest BCUT2D eigenvalue weighted by Gasteiger charge is 2.15. The largest absolute Gasteiger partial charge is 0.490 e. The van der Waals surface area contributed by atoms with Crippen LogP contribution < -0.4 is 14.8 Å². The summed E-state index contributed by atoms with van der Waals surface area (Å²) in [4.78, 5) is 0. The standard InChI is InChI=1S/C14H20BrNO4S/c1-2-21(17,18)7-4-16-10-11-8-12(15)14-13(9-11)19-5-3-6-20-14/h8-9,16H,2-7,10H2,1H3. The van der Waals surface area contributed by atoms with E-state index in [-0.39, 0.29) is 11.5 Å². The van der Waals surface area contributed by atoms with Crippen LogP contribution in [-0.2, 0) is 16.4 Å². The van der Waals surface area contributed by atoms with Crippen LogP contribution in [0.2, 0.25) is 0 Å². The van der Waals surface area contributed by atoms with Gasteiger partial charge in [0, 0.05) is 25.3 Å². The molecule has 0 spiro atoms. The van der Waals surface area contributed by atoms with Gasteiger partial charge in [-0.25, -0.2) is 8.42 Å². The molecule has 0 aliphatic carbocycles. The molecule has 1 aromatic rings. The first-order valence-electron chi connectivity index (χ1n) is 7.01. The fourth-order valence-electron chi connectivity index (χ4n) is 1.99. The zero-order valence-electron chi connectivity index (χ0n) is 12.0. The fraction of sp³-hybridized carbons (Fsp3) is 0.571. The van der Waals surface area contributed by atoms with Crippen LogP contribution in [0.4, 0.5) is 0 Å². The van der Waals surface area contributed by atoms with E-state index in [2.05, 4.69) is 21.2 Å². The second kappa shape index (κ2) is 7.47. The minimum absolute atomic E-state index is 0.162. The SMILES string of the molecule is CCS(=O)(=O)CCNCc1cc(Br)c2c(c1)OCCCO2. The van der Waals surface area contributed by atoms with E-state index in [1.54, 1.807) is 6.92 Å². The van der Waals surface area contributed by atoms with E-state index >= 15 is 0 Å². The normalized spacial score (nSPS) is 14.8. The second-order valence-electron chi connectivity index (χ2n) is 4.87. The van der Waals surface area contributed by atoms with Crippen molar-refractivity contribution in [3.05, 3.63) is 22.2 Å². The summed E-state index contributed by atoms with van der Waals surface area (Å²) < 4.78 is 35.0. The van der Waals surface area contributed by atoms with Gasteiger partial charge in [-0.15, -0.1) is 0 Å². The molecule has 0 saturated heterocycles. The van der Waals surface area contributed by atoms with Gasteiger partial charge < -0.3 is 14.8 Å². The van der Waals surface area contributed by atoms with Gasteiger partial charge in [-0.2, -0.15) is 0 Å². The molecular weight excluding hydrogens is 358 g/mol. The number of benzene rings is 1. The van der Waals surface area contributed by atoms with Gasteiger partial charge in [-0.1, -0.05) is 6.92 Å². The summed E-state index contributed by atoms with van der Waals surface area (Å²) >= 11 is 3.49. The highest BCUT2D eigenvalue weighted by molar-refractivity contribution is 9.10. The van der Waals surface area contributed by atoms with Crippen LogP contribution in [0.1, 0.15) is 18.9 Å². The molecule has 1 heterocycles. The van der Waals surface area contributed by atoms with Crippen molar-refractivity contribution in [2.24, 2.45) is 0 Å². The Hall–Kier alpha value is -0.790. The van der Waals surface area contributed by atoms with Gasteiger partial charge in [0.25, 0.3) is 0 Å². The van der Waals surface area contributed by atoms with Crippen molar-refractivity contribution in [2.75, 3.05) is 31.3 Å². The average Bonchev–Trinajstić information content (AvgIpc) is 2.69. The number of nitrogens with one attached hydrogen (secondary N) is 1. The van der Waals surface area contributed by atoms with Gasteiger partial charge >= 0.3 is 0 Å². The van der Waals surface area contributed by atoms with Crippen molar-refractivity contribution in [1.82, 2.24) is 5.32 Å². The third kappa shape index (κ3) is 4.86. The first-order chi connectivity index (χ1) is 10.0. The Balaban J connectivity index is 1.95. The van der Waals surface area contributed by atoms with E-state index in [4.69, 9.17) is 9.47 Å². The van der Waals surface area contributed by atoms with Crippen LogP contribution >= 0.6 is 15.9 Å². The number of rotatable bonds is 6. The van der Waals surface area contributed by atoms with Gasteiger partial charge in [0.15, 0.2) is 21.3 Å². The minimum atomic E-state index is -2.92. The maximum Gasteiger partial charge on any atom is 0.175 e. The van der Waals surface area contributed by atoms with Crippen molar-refractivity contribution in [3.8, 4) is 11.5 Å². The summed E-state index contributed by atoms with van der Waals surface area (Å²) in [6.45, 7) is 4.00. The molecule has 0 fully saturated rings. The molecule has 0 amide bonds. The van der Waals surface area contributed by atoms with Crippen LogP contribution in [-0.4, -0.2) is 39.7 Å². The van der Waals surface area contributed by atoms with E-state index in [0.717, 1.165) is 28.0 Å². The van der Waals surface area contributed by atoms with E-state index in [1.807, 2.05) is 12.1 Å². The smallest absolute Gasteiger partial charge is 0.175 e. The fourth-order valence-corrected chi connectivity index (χ4v) is 3.34. The molecule has 1 aliphatic rings. The average molecular weight is 378 g/mol. The predicted molar refractivity (Wildman–Crippen MR) is 85.8 cm³/mol. The number of sulfone groups is 1. The van der Waals surface area contributed by atoms with Crippen molar-refractivity contribution in [1.29, 1.82) is 0 Å². The van der Waals surface area contributed by atoms with Gasteiger partial charge in [0.1, 0.15) is 0 Å². The number of hydrogen-bond donors (Lipinski definition) is 1. The molecule has 5 nitrogen and oxygen atoms in total. The second-order valence-corrected chi connectivity index (χ2v) is 8.20.